The van der Waals surface area contributed by atoms with Crippen LogP contribution in [0, 0.1) is 11.3 Å². The molecule has 1 aliphatic heterocycles. The second-order valence-electron chi connectivity index (χ2n) is 3.77. The predicted octanol–water partition coefficient (Wildman–Crippen LogP) is 0.664. The molecule has 0 spiro atoms. The van der Waals surface area contributed by atoms with Crippen molar-refractivity contribution in [3.63, 3.8) is 0 Å². The third kappa shape index (κ3) is 3.41. The number of morpholine rings is 1. The average Bonchev–Trinajstić information content (AvgIpc) is 2.40. The molecule has 5 heteroatoms. The molecule has 0 bridgehead atoms. The Morgan fingerprint density at radius 2 is 2.29 bits per heavy atom. The summed E-state index contributed by atoms with van der Waals surface area (Å²) >= 11 is 0. The van der Waals surface area contributed by atoms with Crippen molar-refractivity contribution in [3.05, 3.63) is 23.9 Å². The summed E-state index contributed by atoms with van der Waals surface area (Å²) in [6.45, 7) is 4.84. The van der Waals surface area contributed by atoms with Crippen LogP contribution >= 0.6 is 0 Å². The molecule has 0 unspecified atom stereocenters. The SMILES string of the molecule is N#Cc1cccnc1OCCN1CCOCC1. The maximum absolute atomic E-state index is 8.87. The van der Waals surface area contributed by atoms with Gasteiger partial charge >= 0.3 is 0 Å². The highest BCUT2D eigenvalue weighted by Gasteiger charge is 2.10. The maximum Gasteiger partial charge on any atom is 0.231 e. The zero-order valence-electron chi connectivity index (χ0n) is 9.63. The summed E-state index contributed by atoms with van der Waals surface area (Å²) in [6.07, 6.45) is 1.63. The molecule has 0 N–H and O–H groups in total. The number of nitrogens with zero attached hydrogens (tertiary/aromatic N) is 3. The summed E-state index contributed by atoms with van der Waals surface area (Å²) in [6, 6.07) is 5.50. The minimum Gasteiger partial charge on any atom is -0.475 e. The standard InChI is InChI=1S/C12H15N3O2/c13-10-11-2-1-3-14-12(11)17-9-6-15-4-7-16-8-5-15/h1-3H,4-9H2. The largest absolute Gasteiger partial charge is 0.475 e. The van der Waals surface area contributed by atoms with Crippen molar-refractivity contribution in [2.24, 2.45) is 0 Å². The van der Waals surface area contributed by atoms with E-state index in [1.165, 1.54) is 0 Å². The van der Waals surface area contributed by atoms with E-state index in [1.54, 1.807) is 18.3 Å². The molecular weight excluding hydrogens is 218 g/mol. The lowest BCUT2D eigenvalue weighted by atomic mass is 10.3. The van der Waals surface area contributed by atoms with Crippen LogP contribution in [-0.2, 0) is 4.74 Å². The van der Waals surface area contributed by atoms with E-state index < -0.39 is 0 Å². The van der Waals surface area contributed by atoms with Crippen molar-refractivity contribution in [1.29, 1.82) is 5.26 Å². The van der Waals surface area contributed by atoms with E-state index in [4.69, 9.17) is 14.7 Å². The van der Waals surface area contributed by atoms with Gasteiger partial charge in [0, 0.05) is 25.8 Å². The fraction of sp³-hybridized carbons (Fsp3) is 0.500. The van der Waals surface area contributed by atoms with Gasteiger partial charge in [-0.2, -0.15) is 5.26 Å². The van der Waals surface area contributed by atoms with Crippen LogP contribution < -0.4 is 4.74 Å². The Morgan fingerprint density at radius 3 is 3.06 bits per heavy atom. The van der Waals surface area contributed by atoms with Gasteiger partial charge in [-0.05, 0) is 12.1 Å². The second kappa shape index (κ2) is 6.18. The molecule has 1 aromatic heterocycles. The summed E-state index contributed by atoms with van der Waals surface area (Å²) in [5.41, 5.74) is 0.481. The van der Waals surface area contributed by atoms with Gasteiger partial charge in [-0.3, -0.25) is 4.90 Å². The Hall–Kier alpha value is -1.64. The van der Waals surface area contributed by atoms with Gasteiger partial charge in [0.2, 0.25) is 5.88 Å². The predicted molar refractivity (Wildman–Crippen MR) is 61.7 cm³/mol. The van der Waals surface area contributed by atoms with Crippen LogP contribution in [0.25, 0.3) is 0 Å². The van der Waals surface area contributed by atoms with Gasteiger partial charge in [0.1, 0.15) is 18.2 Å². The van der Waals surface area contributed by atoms with Crippen LogP contribution in [-0.4, -0.2) is 49.3 Å². The van der Waals surface area contributed by atoms with E-state index in [2.05, 4.69) is 16.0 Å². The van der Waals surface area contributed by atoms with Crippen molar-refractivity contribution in [2.75, 3.05) is 39.5 Å². The van der Waals surface area contributed by atoms with Crippen LogP contribution in [0.4, 0.5) is 0 Å². The van der Waals surface area contributed by atoms with Gasteiger partial charge in [0.05, 0.1) is 13.2 Å². The lowest BCUT2D eigenvalue weighted by molar-refractivity contribution is 0.0320. The third-order valence-corrected chi connectivity index (χ3v) is 2.64. The third-order valence-electron chi connectivity index (χ3n) is 2.64. The fourth-order valence-electron chi connectivity index (χ4n) is 1.69. The van der Waals surface area contributed by atoms with E-state index in [0.29, 0.717) is 18.1 Å². The first-order chi connectivity index (χ1) is 8.40. The monoisotopic (exact) mass is 233 g/mol. The molecule has 0 atom stereocenters. The van der Waals surface area contributed by atoms with Gasteiger partial charge in [0.25, 0.3) is 0 Å². The number of hydrogen-bond acceptors (Lipinski definition) is 5. The zero-order chi connectivity index (χ0) is 11.9. The van der Waals surface area contributed by atoms with Gasteiger partial charge in [-0.1, -0.05) is 0 Å². The Kier molecular flexibility index (Phi) is 4.30. The first kappa shape index (κ1) is 11.8. The van der Waals surface area contributed by atoms with Crippen LogP contribution in [0.1, 0.15) is 5.56 Å². The molecular formula is C12H15N3O2. The van der Waals surface area contributed by atoms with Crippen molar-refractivity contribution < 1.29 is 9.47 Å². The quantitative estimate of drug-likeness (QED) is 0.764. The van der Waals surface area contributed by atoms with Crippen LogP contribution in [0.15, 0.2) is 18.3 Å². The molecule has 0 aromatic carbocycles. The molecule has 0 radical (unpaired) electrons. The molecule has 0 amide bonds. The van der Waals surface area contributed by atoms with Crippen molar-refractivity contribution >= 4 is 0 Å². The lowest BCUT2D eigenvalue weighted by Gasteiger charge is -2.26. The fourth-order valence-corrected chi connectivity index (χ4v) is 1.69. The highest BCUT2D eigenvalue weighted by atomic mass is 16.5. The smallest absolute Gasteiger partial charge is 0.231 e. The number of rotatable bonds is 4. The van der Waals surface area contributed by atoms with Crippen molar-refractivity contribution in [1.82, 2.24) is 9.88 Å². The summed E-state index contributed by atoms with van der Waals surface area (Å²) in [4.78, 5) is 6.32. The van der Waals surface area contributed by atoms with Gasteiger partial charge in [-0.25, -0.2) is 4.98 Å². The van der Waals surface area contributed by atoms with E-state index in [-0.39, 0.29) is 0 Å². The zero-order valence-corrected chi connectivity index (χ0v) is 9.63. The van der Waals surface area contributed by atoms with Gasteiger partial charge in [-0.15, -0.1) is 0 Å². The molecule has 1 saturated heterocycles. The molecule has 90 valence electrons. The molecule has 0 saturated carbocycles. The lowest BCUT2D eigenvalue weighted by Crippen LogP contribution is -2.38. The average molecular weight is 233 g/mol. The first-order valence-corrected chi connectivity index (χ1v) is 5.68. The second-order valence-corrected chi connectivity index (χ2v) is 3.77. The van der Waals surface area contributed by atoms with Crippen LogP contribution in [0.5, 0.6) is 5.88 Å². The molecule has 5 nitrogen and oxygen atoms in total. The van der Waals surface area contributed by atoms with E-state index in [0.717, 1.165) is 32.8 Å². The topological polar surface area (TPSA) is 58.4 Å². The van der Waals surface area contributed by atoms with Gasteiger partial charge < -0.3 is 9.47 Å². The molecule has 17 heavy (non-hydrogen) atoms. The highest BCUT2D eigenvalue weighted by molar-refractivity contribution is 5.36. The Morgan fingerprint density at radius 1 is 1.47 bits per heavy atom. The van der Waals surface area contributed by atoms with Crippen LogP contribution in [0.3, 0.4) is 0 Å². The molecule has 0 aliphatic carbocycles. The normalized spacial score (nSPS) is 16.4. The molecule has 1 aliphatic rings. The Labute approximate surface area is 101 Å². The molecule has 1 aromatic rings. The number of aromatic nitrogens is 1. The maximum atomic E-state index is 8.87. The summed E-state index contributed by atoms with van der Waals surface area (Å²) in [5.74, 6) is 0.420. The van der Waals surface area contributed by atoms with E-state index in [9.17, 15) is 0 Å². The number of nitriles is 1. The number of hydrogen-bond donors (Lipinski definition) is 0. The molecule has 2 rings (SSSR count). The number of pyridine rings is 1. The number of ether oxygens (including phenoxy) is 2. The highest BCUT2D eigenvalue weighted by Crippen LogP contribution is 2.12. The van der Waals surface area contributed by atoms with Crippen LogP contribution in [0.2, 0.25) is 0 Å². The Bertz CT molecular complexity index is 397. The summed E-state index contributed by atoms with van der Waals surface area (Å²) in [7, 11) is 0. The molecule has 2 heterocycles. The van der Waals surface area contributed by atoms with Crippen molar-refractivity contribution in [3.8, 4) is 11.9 Å². The summed E-state index contributed by atoms with van der Waals surface area (Å²) < 4.78 is 10.8. The summed E-state index contributed by atoms with van der Waals surface area (Å²) in [5, 5.41) is 8.87. The minimum atomic E-state index is 0.420. The van der Waals surface area contributed by atoms with Gasteiger partial charge in [0.15, 0.2) is 0 Å². The Balaban J connectivity index is 1.79. The van der Waals surface area contributed by atoms with E-state index in [1.807, 2.05) is 0 Å². The minimum absolute atomic E-state index is 0.420. The van der Waals surface area contributed by atoms with Crippen molar-refractivity contribution in [2.45, 2.75) is 0 Å². The first-order valence-electron chi connectivity index (χ1n) is 5.68. The van der Waals surface area contributed by atoms with E-state index >= 15 is 0 Å². The molecule has 1 fully saturated rings.